The van der Waals surface area contributed by atoms with Gasteiger partial charge in [-0.05, 0) is 30.6 Å². The number of rotatable bonds is 3. The lowest BCUT2D eigenvalue weighted by Crippen LogP contribution is -2.22. The average Bonchev–Trinajstić information content (AvgIpc) is 2.40. The zero-order chi connectivity index (χ0) is 17.0. The minimum absolute atomic E-state index is 0.0648. The van der Waals surface area contributed by atoms with Crippen LogP contribution in [0.3, 0.4) is 0 Å². The Bertz CT molecular complexity index is 468. The van der Waals surface area contributed by atoms with Crippen LogP contribution in [0.1, 0.15) is 24.2 Å². The summed E-state index contributed by atoms with van der Waals surface area (Å²) in [4.78, 5) is 29.1. The maximum absolute atomic E-state index is 10.1. The van der Waals surface area contributed by atoms with Crippen LogP contribution in [-0.4, -0.2) is 17.9 Å². The lowest BCUT2D eigenvalue weighted by atomic mass is 10.2. The third kappa shape index (κ3) is 13.3. The first kappa shape index (κ1) is 20.4. The Morgan fingerprint density at radius 2 is 1.10 bits per heavy atom. The molecule has 0 atom stereocenters. The maximum atomic E-state index is 10.1. The summed E-state index contributed by atoms with van der Waals surface area (Å²) in [5.41, 5.74) is 0.350. The van der Waals surface area contributed by atoms with E-state index < -0.39 is 17.9 Å². The highest BCUT2D eigenvalue weighted by molar-refractivity contribution is 5.85. The Labute approximate surface area is 122 Å². The van der Waals surface area contributed by atoms with E-state index in [0.717, 1.165) is 0 Å². The van der Waals surface area contributed by atoms with Crippen LogP contribution >= 0.6 is 0 Å². The van der Waals surface area contributed by atoms with Crippen LogP contribution in [0.25, 0.3) is 0 Å². The van der Waals surface area contributed by atoms with E-state index in [2.05, 4.69) is 13.2 Å². The summed E-state index contributed by atoms with van der Waals surface area (Å²) >= 11 is 0. The fourth-order valence-corrected chi connectivity index (χ4v) is 0.574. The highest BCUT2D eigenvalue weighted by atomic mass is 16.4. The van der Waals surface area contributed by atoms with Crippen LogP contribution in [0.15, 0.2) is 54.6 Å². The minimum Gasteiger partial charge on any atom is -0.545 e. The number of benzene rings is 1. The van der Waals surface area contributed by atoms with Crippen LogP contribution in [0.2, 0.25) is 0 Å². The fraction of sp³-hybridized carbons (Fsp3) is 0.133. The topological polar surface area (TPSA) is 120 Å². The second-order valence-electron chi connectivity index (χ2n) is 3.79. The molecule has 1 aromatic carbocycles. The summed E-state index contributed by atoms with van der Waals surface area (Å²) in [6.07, 6.45) is 0. The van der Waals surface area contributed by atoms with Crippen molar-refractivity contribution >= 4 is 17.9 Å². The molecule has 0 N–H and O–H groups in total. The molecule has 0 aromatic heterocycles. The molecule has 0 radical (unpaired) electrons. The van der Waals surface area contributed by atoms with Crippen molar-refractivity contribution in [2.24, 2.45) is 0 Å². The van der Waals surface area contributed by atoms with Crippen molar-refractivity contribution in [3.63, 3.8) is 0 Å². The number of carbonyl (C=O) groups is 3. The molecule has 6 nitrogen and oxygen atoms in total. The number of aliphatic carboxylic acids is 2. The monoisotopic (exact) mass is 291 g/mol. The first-order chi connectivity index (χ1) is 9.59. The van der Waals surface area contributed by atoms with Crippen LogP contribution in [0.4, 0.5) is 0 Å². The summed E-state index contributed by atoms with van der Waals surface area (Å²) in [6.45, 7) is 8.95. The zero-order valence-corrected chi connectivity index (χ0v) is 11.8. The Morgan fingerprint density at radius 3 is 1.24 bits per heavy atom. The Kier molecular flexibility index (Phi) is 10.7. The Balaban J connectivity index is 0. The molecule has 0 aliphatic heterocycles. The van der Waals surface area contributed by atoms with Crippen molar-refractivity contribution in [3.8, 4) is 0 Å². The first-order valence-electron chi connectivity index (χ1n) is 5.59. The predicted molar refractivity (Wildman–Crippen MR) is 70.4 cm³/mol. The fourth-order valence-electron chi connectivity index (χ4n) is 0.574. The number of hydrogen-bond donors (Lipinski definition) is 0. The van der Waals surface area contributed by atoms with Crippen molar-refractivity contribution in [1.29, 1.82) is 0 Å². The average molecular weight is 291 g/mol. The highest BCUT2D eigenvalue weighted by Gasteiger charge is 1.86. The van der Waals surface area contributed by atoms with Gasteiger partial charge < -0.3 is 29.7 Å². The molecule has 114 valence electrons. The number of carboxylic acids is 3. The molecule has 0 saturated carbocycles. The summed E-state index contributed by atoms with van der Waals surface area (Å²) < 4.78 is 0. The van der Waals surface area contributed by atoms with Gasteiger partial charge in [-0.25, -0.2) is 0 Å². The molecule has 1 rings (SSSR count). The van der Waals surface area contributed by atoms with Crippen molar-refractivity contribution in [2.75, 3.05) is 0 Å². The van der Waals surface area contributed by atoms with Gasteiger partial charge in [0, 0.05) is 0 Å². The van der Waals surface area contributed by atoms with Gasteiger partial charge in [0.25, 0.3) is 0 Å². The molecule has 0 unspecified atom stereocenters. The van der Waals surface area contributed by atoms with Gasteiger partial charge in [0.1, 0.15) is 0 Å². The predicted octanol–water partition coefficient (Wildman–Crippen LogP) is -1.33. The number of aromatic carboxylic acids is 1. The minimum atomic E-state index is -1.19. The normalized spacial score (nSPS) is 8.10. The largest absolute Gasteiger partial charge is 0.545 e. The molecule has 0 saturated heterocycles. The quantitative estimate of drug-likeness (QED) is 0.636. The van der Waals surface area contributed by atoms with Gasteiger partial charge in [-0.2, -0.15) is 0 Å². The van der Waals surface area contributed by atoms with Crippen molar-refractivity contribution < 1.29 is 29.7 Å². The zero-order valence-electron chi connectivity index (χ0n) is 11.8. The van der Waals surface area contributed by atoms with Crippen LogP contribution < -0.4 is 15.3 Å². The summed E-state index contributed by atoms with van der Waals surface area (Å²) in [5.74, 6) is -3.50. The number of hydrogen-bond acceptors (Lipinski definition) is 6. The van der Waals surface area contributed by atoms with E-state index in [1.165, 1.54) is 26.0 Å². The summed E-state index contributed by atoms with van der Waals surface area (Å²) in [7, 11) is 0. The van der Waals surface area contributed by atoms with E-state index in [9.17, 15) is 29.7 Å². The molecule has 6 heteroatoms. The Morgan fingerprint density at radius 1 is 0.810 bits per heavy atom. The number of carboxylic acid groups (broad SMARTS) is 3. The van der Waals surface area contributed by atoms with Gasteiger partial charge in [-0.3, -0.25) is 0 Å². The van der Waals surface area contributed by atoms with E-state index >= 15 is 0 Å². The third-order valence-electron chi connectivity index (χ3n) is 1.71. The van der Waals surface area contributed by atoms with E-state index in [0.29, 0.717) is 0 Å². The van der Waals surface area contributed by atoms with Crippen LogP contribution in [-0.2, 0) is 9.59 Å². The summed E-state index contributed by atoms with van der Waals surface area (Å²) in [6, 6.07) is 8.06. The van der Waals surface area contributed by atoms with Gasteiger partial charge in [0.05, 0.1) is 17.9 Å². The molecule has 0 fully saturated rings. The van der Waals surface area contributed by atoms with Crippen molar-refractivity contribution in [3.05, 3.63) is 60.2 Å². The lowest BCUT2D eigenvalue weighted by molar-refractivity contribution is -0.300. The van der Waals surface area contributed by atoms with Gasteiger partial charge in [0.2, 0.25) is 0 Å². The summed E-state index contributed by atoms with van der Waals surface area (Å²) in [5, 5.41) is 29.1. The molecule has 0 aliphatic rings. The molecule has 21 heavy (non-hydrogen) atoms. The SMILES string of the molecule is C=C(C)C(=O)[O-].C=C(C)C(=O)[O-].O=C([O-])c1ccccc1. The molecule has 1 aromatic rings. The van der Waals surface area contributed by atoms with Gasteiger partial charge >= 0.3 is 0 Å². The van der Waals surface area contributed by atoms with E-state index in [-0.39, 0.29) is 16.7 Å². The van der Waals surface area contributed by atoms with Crippen LogP contribution in [0.5, 0.6) is 0 Å². The standard InChI is InChI=1S/C7H6O2.2C4H6O2/c8-7(9)6-4-2-1-3-5-6;2*1-3(2)4(5)6/h1-5H,(H,8,9);2*1H2,2H3,(H,5,6)/p-3. The molecule has 0 amide bonds. The molecule has 0 aliphatic carbocycles. The Hall–Kier alpha value is -2.89. The van der Waals surface area contributed by atoms with E-state index in [4.69, 9.17) is 0 Å². The molecule has 0 spiro atoms. The van der Waals surface area contributed by atoms with Gasteiger partial charge in [0.15, 0.2) is 0 Å². The van der Waals surface area contributed by atoms with Crippen molar-refractivity contribution in [1.82, 2.24) is 0 Å². The van der Waals surface area contributed by atoms with Gasteiger partial charge in [-0.15, -0.1) is 0 Å². The molecule has 0 bridgehead atoms. The second-order valence-corrected chi connectivity index (χ2v) is 3.79. The van der Waals surface area contributed by atoms with Gasteiger partial charge in [-0.1, -0.05) is 43.5 Å². The maximum Gasteiger partial charge on any atom is 0.0715 e. The van der Waals surface area contributed by atoms with Crippen molar-refractivity contribution in [2.45, 2.75) is 13.8 Å². The number of carbonyl (C=O) groups excluding carboxylic acids is 3. The molecular weight excluding hydrogens is 276 g/mol. The molecule has 0 heterocycles. The third-order valence-corrected chi connectivity index (χ3v) is 1.71. The van der Waals surface area contributed by atoms with E-state index in [1.807, 2.05) is 0 Å². The second kappa shape index (κ2) is 11.0. The molecular formula is C15H15O6-3. The van der Waals surface area contributed by atoms with E-state index in [1.54, 1.807) is 18.2 Å². The first-order valence-corrected chi connectivity index (χ1v) is 5.59. The highest BCUT2D eigenvalue weighted by Crippen LogP contribution is 1.94. The van der Waals surface area contributed by atoms with Crippen LogP contribution in [0, 0.1) is 0 Å². The lowest BCUT2D eigenvalue weighted by Gasteiger charge is -1.97. The smallest absolute Gasteiger partial charge is 0.0715 e.